The van der Waals surface area contributed by atoms with Crippen LogP contribution in [0.25, 0.3) is 0 Å². The van der Waals surface area contributed by atoms with Gasteiger partial charge in [0.2, 0.25) is 0 Å². The van der Waals surface area contributed by atoms with Gasteiger partial charge >= 0.3 is 0 Å². The molecule has 0 aromatic carbocycles. The molecule has 3 fully saturated rings. The van der Waals surface area contributed by atoms with Gasteiger partial charge in [0, 0.05) is 32.3 Å². The Morgan fingerprint density at radius 2 is 2.00 bits per heavy atom. The summed E-state index contributed by atoms with van der Waals surface area (Å²) in [5, 5.41) is 0. The van der Waals surface area contributed by atoms with Crippen LogP contribution in [0.4, 0.5) is 0 Å². The molecule has 1 saturated heterocycles. The summed E-state index contributed by atoms with van der Waals surface area (Å²) in [4.78, 5) is 2.58. The lowest BCUT2D eigenvalue weighted by atomic mass is 9.84. The summed E-state index contributed by atoms with van der Waals surface area (Å²) < 4.78 is 5.51. The van der Waals surface area contributed by atoms with Crippen molar-refractivity contribution in [1.82, 2.24) is 4.90 Å². The van der Waals surface area contributed by atoms with Crippen LogP contribution in [0, 0.1) is 17.8 Å². The van der Waals surface area contributed by atoms with Crippen LogP contribution in [0.2, 0.25) is 0 Å². The second-order valence-corrected chi connectivity index (χ2v) is 5.84. The Morgan fingerprint density at radius 1 is 1.12 bits per heavy atom. The molecular weight excluding hydrogens is 200 g/mol. The van der Waals surface area contributed by atoms with E-state index in [4.69, 9.17) is 10.5 Å². The van der Waals surface area contributed by atoms with Crippen molar-refractivity contribution < 1.29 is 4.74 Å². The Labute approximate surface area is 98.3 Å². The molecule has 2 N–H and O–H groups in total. The molecule has 4 atom stereocenters. The third-order valence-corrected chi connectivity index (χ3v) is 4.94. The summed E-state index contributed by atoms with van der Waals surface area (Å²) in [6.45, 7) is 5.40. The van der Waals surface area contributed by atoms with E-state index in [1.165, 1.54) is 38.8 Å². The van der Waals surface area contributed by atoms with Gasteiger partial charge in [-0.1, -0.05) is 0 Å². The summed E-state index contributed by atoms with van der Waals surface area (Å²) in [5.41, 5.74) is 6.36. The summed E-state index contributed by atoms with van der Waals surface area (Å²) in [5.74, 6) is 2.55. The minimum atomic E-state index is 0.489. The molecule has 0 radical (unpaired) electrons. The van der Waals surface area contributed by atoms with Gasteiger partial charge in [0.05, 0.1) is 6.61 Å². The number of rotatable bonds is 2. The molecule has 2 aliphatic carbocycles. The molecule has 1 heterocycles. The number of ether oxygens (including phenoxy) is 1. The van der Waals surface area contributed by atoms with Crippen LogP contribution in [-0.4, -0.2) is 43.8 Å². The van der Waals surface area contributed by atoms with Crippen LogP contribution in [0.15, 0.2) is 0 Å². The van der Waals surface area contributed by atoms with Crippen molar-refractivity contribution in [3.63, 3.8) is 0 Å². The monoisotopic (exact) mass is 224 g/mol. The van der Waals surface area contributed by atoms with Gasteiger partial charge in [-0.05, 0) is 43.4 Å². The fourth-order valence-electron chi connectivity index (χ4n) is 4.00. The van der Waals surface area contributed by atoms with E-state index < -0.39 is 0 Å². The van der Waals surface area contributed by atoms with Gasteiger partial charge in [0.1, 0.15) is 0 Å². The average Bonchev–Trinajstić information content (AvgIpc) is 2.76. The maximum absolute atomic E-state index is 6.36. The van der Waals surface area contributed by atoms with Gasteiger partial charge in [-0.15, -0.1) is 0 Å². The molecule has 3 aliphatic rings. The Morgan fingerprint density at radius 3 is 2.81 bits per heavy atom. The first-order chi connectivity index (χ1) is 7.84. The molecule has 0 aromatic heterocycles. The molecular formula is C13H24N2O. The van der Waals surface area contributed by atoms with Crippen molar-refractivity contribution in [3.05, 3.63) is 0 Å². The molecule has 3 nitrogen and oxygen atoms in total. The minimum absolute atomic E-state index is 0.489. The predicted molar refractivity (Wildman–Crippen MR) is 64.2 cm³/mol. The van der Waals surface area contributed by atoms with E-state index in [1.807, 2.05) is 0 Å². The molecule has 2 saturated carbocycles. The first kappa shape index (κ1) is 11.0. The van der Waals surface area contributed by atoms with Crippen molar-refractivity contribution in [3.8, 4) is 0 Å². The second-order valence-electron chi connectivity index (χ2n) is 5.84. The lowest BCUT2D eigenvalue weighted by Crippen LogP contribution is -2.43. The average molecular weight is 224 g/mol. The van der Waals surface area contributed by atoms with Crippen LogP contribution < -0.4 is 5.73 Å². The lowest BCUT2D eigenvalue weighted by Gasteiger charge is -2.32. The molecule has 3 rings (SSSR count). The van der Waals surface area contributed by atoms with Crippen LogP contribution in [0.1, 0.15) is 25.7 Å². The number of nitrogens with zero attached hydrogens (tertiary/aromatic N) is 1. The van der Waals surface area contributed by atoms with Crippen LogP contribution in [0.3, 0.4) is 0 Å². The Balaban J connectivity index is 1.57. The molecule has 0 spiro atoms. The van der Waals surface area contributed by atoms with E-state index in [9.17, 15) is 0 Å². The highest BCUT2D eigenvalue weighted by Gasteiger charge is 2.45. The minimum Gasteiger partial charge on any atom is -0.380 e. The molecule has 1 aliphatic heterocycles. The first-order valence-electron chi connectivity index (χ1n) is 6.90. The van der Waals surface area contributed by atoms with Crippen molar-refractivity contribution in [2.45, 2.75) is 31.7 Å². The topological polar surface area (TPSA) is 38.5 Å². The molecule has 92 valence electrons. The highest BCUT2D eigenvalue weighted by atomic mass is 16.5. The highest BCUT2D eigenvalue weighted by Crippen LogP contribution is 2.47. The van der Waals surface area contributed by atoms with Crippen molar-refractivity contribution >= 4 is 0 Å². The molecule has 0 amide bonds. The predicted octanol–water partition coefficient (Wildman–Crippen LogP) is 1.08. The maximum atomic E-state index is 6.36. The molecule has 4 unspecified atom stereocenters. The third-order valence-electron chi connectivity index (χ3n) is 4.94. The standard InChI is InChI=1S/C13H24N2O/c14-13-11-3-2-10(8-11)12(13)9-15-4-1-6-16-7-5-15/h10-13H,1-9,14H2. The summed E-state index contributed by atoms with van der Waals surface area (Å²) in [7, 11) is 0. The zero-order chi connectivity index (χ0) is 11.0. The van der Waals surface area contributed by atoms with Gasteiger partial charge < -0.3 is 15.4 Å². The SMILES string of the molecule is NC1C2CCC(C2)C1CN1CCCOCC1. The fourth-order valence-corrected chi connectivity index (χ4v) is 4.00. The van der Waals surface area contributed by atoms with Gasteiger partial charge in [0.15, 0.2) is 0 Å². The number of fused-ring (bicyclic) bond motifs is 2. The lowest BCUT2D eigenvalue weighted by molar-refractivity contribution is 0.131. The number of nitrogens with two attached hydrogens (primary N) is 1. The smallest absolute Gasteiger partial charge is 0.0593 e. The van der Waals surface area contributed by atoms with Crippen LogP contribution in [0.5, 0.6) is 0 Å². The van der Waals surface area contributed by atoms with Crippen LogP contribution >= 0.6 is 0 Å². The van der Waals surface area contributed by atoms with Crippen LogP contribution in [-0.2, 0) is 4.74 Å². The largest absolute Gasteiger partial charge is 0.380 e. The van der Waals surface area contributed by atoms with Gasteiger partial charge in [-0.25, -0.2) is 0 Å². The second kappa shape index (κ2) is 4.63. The molecule has 2 bridgehead atoms. The quantitative estimate of drug-likeness (QED) is 0.763. The molecule has 16 heavy (non-hydrogen) atoms. The Hall–Kier alpha value is -0.120. The molecule has 0 aromatic rings. The maximum Gasteiger partial charge on any atom is 0.0593 e. The number of hydrogen-bond acceptors (Lipinski definition) is 3. The molecule has 3 heteroatoms. The first-order valence-corrected chi connectivity index (χ1v) is 6.90. The number of hydrogen-bond donors (Lipinski definition) is 1. The van der Waals surface area contributed by atoms with E-state index in [0.717, 1.165) is 37.5 Å². The third kappa shape index (κ3) is 2.01. The zero-order valence-corrected chi connectivity index (χ0v) is 10.1. The van der Waals surface area contributed by atoms with Crippen molar-refractivity contribution in [2.24, 2.45) is 23.5 Å². The summed E-state index contributed by atoms with van der Waals surface area (Å²) in [6, 6.07) is 0.489. The summed E-state index contributed by atoms with van der Waals surface area (Å²) in [6.07, 6.45) is 5.44. The van der Waals surface area contributed by atoms with E-state index in [-0.39, 0.29) is 0 Å². The zero-order valence-electron chi connectivity index (χ0n) is 10.1. The Kier molecular flexibility index (Phi) is 3.18. The van der Waals surface area contributed by atoms with E-state index >= 15 is 0 Å². The fraction of sp³-hybridized carbons (Fsp3) is 1.00. The van der Waals surface area contributed by atoms with Gasteiger partial charge in [-0.2, -0.15) is 0 Å². The summed E-state index contributed by atoms with van der Waals surface area (Å²) >= 11 is 0. The Bertz CT molecular complexity index is 236. The highest BCUT2D eigenvalue weighted by molar-refractivity contribution is 4.99. The van der Waals surface area contributed by atoms with Crippen molar-refractivity contribution in [2.75, 3.05) is 32.8 Å². The van der Waals surface area contributed by atoms with E-state index in [2.05, 4.69) is 4.90 Å². The van der Waals surface area contributed by atoms with Gasteiger partial charge in [-0.3, -0.25) is 0 Å². The van der Waals surface area contributed by atoms with Gasteiger partial charge in [0.25, 0.3) is 0 Å². The van der Waals surface area contributed by atoms with E-state index in [1.54, 1.807) is 0 Å². The van der Waals surface area contributed by atoms with Crippen molar-refractivity contribution in [1.29, 1.82) is 0 Å². The van der Waals surface area contributed by atoms with E-state index in [0.29, 0.717) is 6.04 Å². The normalized spacial score (nSPS) is 44.8.